The quantitative estimate of drug-likeness (QED) is 0.633. The van der Waals surface area contributed by atoms with E-state index in [9.17, 15) is 0 Å². The van der Waals surface area contributed by atoms with Crippen molar-refractivity contribution in [2.45, 2.75) is 20.3 Å². The number of hydrogen-bond donors (Lipinski definition) is 0. The van der Waals surface area contributed by atoms with Crippen LogP contribution in [0.5, 0.6) is 0 Å². The lowest BCUT2D eigenvalue weighted by molar-refractivity contribution is 0.663. The van der Waals surface area contributed by atoms with Gasteiger partial charge in [-0.25, -0.2) is 0 Å². The molecule has 0 N–H and O–H groups in total. The molecule has 12 heavy (non-hydrogen) atoms. The molecule has 0 aromatic heterocycles. The van der Waals surface area contributed by atoms with Crippen molar-refractivity contribution in [2.75, 3.05) is 0 Å². The van der Waals surface area contributed by atoms with Crippen LogP contribution in [0.25, 0.3) is 0 Å². The van der Waals surface area contributed by atoms with E-state index >= 15 is 0 Å². The van der Waals surface area contributed by atoms with Gasteiger partial charge in [0.05, 0.1) is 0 Å². The first-order valence-corrected chi connectivity index (χ1v) is 4.42. The maximum absolute atomic E-state index is 3.25. The molecule has 0 heterocycles. The minimum absolute atomic E-state index is 0.723. The zero-order valence-electron chi connectivity index (χ0n) is 7.75. The largest absolute Gasteiger partial charge is 0.0758 e. The van der Waals surface area contributed by atoms with Gasteiger partial charge in [-0.05, 0) is 24.0 Å². The van der Waals surface area contributed by atoms with Gasteiger partial charge in [-0.3, -0.25) is 0 Å². The number of rotatable bonds is 3. The van der Waals surface area contributed by atoms with Gasteiger partial charge >= 0.3 is 0 Å². The Balaban J connectivity index is 2.47. The van der Waals surface area contributed by atoms with Crippen molar-refractivity contribution in [1.29, 1.82) is 0 Å². The first-order valence-electron chi connectivity index (χ1n) is 4.42. The molecule has 0 amide bonds. The highest BCUT2D eigenvalue weighted by Crippen LogP contribution is 2.03. The third kappa shape index (κ3) is 3.38. The van der Waals surface area contributed by atoms with E-state index < -0.39 is 0 Å². The van der Waals surface area contributed by atoms with Gasteiger partial charge in [-0.15, -0.1) is 0 Å². The third-order valence-electron chi connectivity index (χ3n) is 1.63. The summed E-state index contributed by atoms with van der Waals surface area (Å²) in [6, 6.07) is 10.2. The van der Waals surface area contributed by atoms with Gasteiger partial charge in [-0.2, -0.15) is 0 Å². The zero-order chi connectivity index (χ0) is 8.81. The maximum Gasteiger partial charge on any atom is -0.0148 e. The molecular weight excluding hydrogens is 144 g/mol. The molecule has 0 heteroatoms. The first kappa shape index (κ1) is 9.05. The second kappa shape index (κ2) is 4.76. The highest BCUT2D eigenvalue weighted by Gasteiger charge is 1.88. The van der Waals surface area contributed by atoms with E-state index in [1.807, 2.05) is 18.2 Å². The van der Waals surface area contributed by atoms with E-state index in [1.165, 1.54) is 0 Å². The molecular formula is C12H15. The van der Waals surface area contributed by atoms with Gasteiger partial charge in [0.25, 0.3) is 0 Å². The summed E-state index contributed by atoms with van der Waals surface area (Å²) < 4.78 is 0. The Bertz CT molecular complexity index is 231. The van der Waals surface area contributed by atoms with Gasteiger partial charge in [0, 0.05) is 0 Å². The van der Waals surface area contributed by atoms with Crippen molar-refractivity contribution in [1.82, 2.24) is 0 Å². The molecule has 0 nitrogen and oxygen atoms in total. The summed E-state index contributed by atoms with van der Waals surface area (Å²) in [6.07, 6.45) is 6.47. The molecule has 1 aromatic carbocycles. The van der Waals surface area contributed by atoms with E-state index in [2.05, 4.69) is 38.1 Å². The van der Waals surface area contributed by atoms with Gasteiger partial charge in [0.2, 0.25) is 0 Å². The van der Waals surface area contributed by atoms with Crippen molar-refractivity contribution in [3.05, 3.63) is 48.0 Å². The Hall–Kier alpha value is -1.04. The Morgan fingerprint density at radius 1 is 1.25 bits per heavy atom. The average molecular weight is 159 g/mol. The average Bonchev–Trinajstić information content (AvgIpc) is 2.05. The summed E-state index contributed by atoms with van der Waals surface area (Å²) in [6.45, 7) is 4.42. The fourth-order valence-electron chi connectivity index (χ4n) is 0.947. The van der Waals surface area contributed by atoms with E-state index in [0.29, 0.717) is 0 Å². The summed E-state index contributed by atoms with van der Waals surface area (Å²) in [5, 5.41) is 0. The van der Waals surface area contributed by atoms with Crippen LogP contribution >= 0.6 is 0 Å². The van der Waals surface area contributed by atoms with E-state index in [4.69, 9.17) is 0 Å². The second-order valence-electron chi connectivity index (χ2n) is 3.34. The lowest BCUT2D eigenvalue weighted by Gasteiger charge is -1.96. The van der Waals surface area contributed by atoms with Crippen molar-refractivity contribution in [2.24, 2.45) is 5.92 Å². The molecule has 0 atom stereocenters. The Morgan fingerprint density at radius 3 is 2.50 bits per heavy atom. The van der Waals surface area contributed by atoms with E-state index in [1.54, 1.807) is 0 Å². The summed E-state index contributed by atoms with van der Waals surface area (Å²) >= 11 is 0. The second-order valence-corrected chi connectivity index (χ2v) is 3.34. The fourth-order valence-corrected chi connectivity index (χ4v) is 0.947. The molecule has 0 aliphatic heterocycles. The van der Waals surface area contributed by atoms with Crippen LogP contribution < -0.4 is 0 Å². The molecule has 0 bridgehead atoms. The molecule has 0 unspecified atom stereocenters. The van der Waals surface area contributed by atoms with Gasteiger partial charge < -0.3 is 0 Å². The Labute approximate surface area is 74.9 Å². The van der Waals surface area contributed by atoms with Crippen molar-refractivity contribution in [3.63, 3.8) is 0 Å². The lowest BCUT2D eigenvalue weighted by atomic mass is 10.1. The van der Waals surface area contributed by atoms with E-state index in [0.717, 1.165) is 17.9 Å². The summed E-state index contributed by atoms with van der Waals surface area (Å²) in [5.74, 6) is 0.723. The summed E-state index contributed by atoms with van der Waals surface area (Å²) in [7, 11) is 0. The summed E-state index contributed by atoms with van der Waals surface area (Å²) in [5.41, 5.74) is 1.16. The van der Waals surface area contributed by atoms with Crippen LogP contribution in [0.15, 0.2) is 36.4 Å². The van der Waals surface area contributed by atoms with Crippen LogP contribution in [-0.2, 0) is 0 Å². The highest BCUT2D eigenvalue weighted by molar-refractivity contribution is 5.21. The Kier molecular flexibility index (Phi) is 3.59. The molecule has 0 spiro atoms. The van der Waals surface area contributed by atoms with Crippen LogP contribution in [0.2, 0.25) is 0 Å². The molecule has 1 radical (unpaired) electrons. The predicted octanol–water partition coefficient (Wildman–Crippen LogP) is 3.44. The minimum atomic E-state index is 0.723. The maximum atomic E-state index is 3.25. The lowest BCUT2D eigenvalue weighted by Crippen LogP contribution is -1.81. The topological polar surface area (TPSA) is 0 Å². The minimum Gasteiger partial charge on any atom is -0.0758 e. The van der Waals surface area contributed by atoms with Crippen LogP contribution in [0.1, 0.15) is 25.8 Å². The van der Waals surface area contributed by atoms with Gasteiger partial charge in [-0.1, -0.05) is 50.3 Å². The zero-order valence-corrected chi connectivity index (χ0v) is 7.75. The number of allylic oxidation sites excluding steroid dienone is 1. The third-order valence-corrected chi connectivity index (χ3v) is 1.63. The van der Waals surface area contributed by atoms with Crippen LogP contribution in [0.4, 0.5) is 0 Å². The molecule has 63 valence electrons. The molecule has 1 rings (SSSR count). The first-order chi connectivity index (χ1) is 5.79. The molecule has 0 aliphatic carbocycles. The van der Waals surface area contributed by atoms with Gasteiger partial charge in [0.15, 0.2) is 0 Å². The SMILES string of the molecule is CC(C)CC=[C]c1ccccc1. The molecule has 0 aliphatic rings. The predicted molar refractivity (Wildman–Crippen MR) is 52.8 cm³/mol. The van der Waals surface area contributed by atoms with Crippen molar-refractivity contribution >= 4 is 0 Å². The van der Waals surface area contributed by atoms with Crippen LogP contribution in [-0.4, -0.2) is 0 Å². The smallest absolute Gasteiger partial charge is 0.0148 e. The molecule has 1 aromatic rings. The van der Waals surface area contributed by atoms with Crippen LogP contribution in [0, 0.1) is 12.0 Å². The number of benzene rings is 1. The fraction of sp³-hybridized carbons (Fsp3) is 0.333. The van der Waals surface area contributed by atoms with Gasteiger partial charge in [0.1, 0.15) is 0 Å². The standard InChI is InChI=1S/C12H15/c1-11(2)7-6-10-12-8-4-3-5-9-12/h3-6,8-9,11H,7H2,1-2H3. The normalized spacial score (nSPS) is 11.2. The summed E-state index contributed by atoms with van der Waals surface area (Å²) in [4.78, 5) is 0. The monoisotopic (exact) mass is 159 g/mol. The van der Waals surface area contributed by atoms with Crippen molar-refractivity contribution in [3.8, 4) is 0 Å². The van der Waals surface area contributed by atoms with Crippen molar-refractivity contribution < 1.29 is 0 Å². The molecule has 0 saturated carbocycles. The van der Waals surface area contributed by atoms with E-state index in [-0.39, 0.29) is 0 Å². The Morgan fingerprint density at radius 2 is 1.92 bits per heavy atom. The molecule has 0 saturated heterocycles. The molecule has 0 fully saturated rings. The van der Waals surface area contributed by atoms with Crippen LogP contribution in [0.3, 0.4) is 0 Å². The number of hydrogen-bond acceptors (Lipinski definition) is 0. The highest BCUT2D eigenvalue weighted by atomic mass is 13.9.